The molecule has 134 valence electrons. The fourth-order valence-electron chi connectivity index (χ4n) is 2.47. The smallest absolute Gasteiger partial charge is 0.273 e. The molecule has 0 unspecified atom stereocenters. The summed E-state index contributed by atoms with van der Waals surface area (Å²) in [6.45, 7) is 1.83. The first kappa shape index (κ1) is 13.8. The fourth-order valence-corrected chi connectivity index (χ4v) is 2.47. The van der Waals surface area contributed by atoms with Crippen LogP contribution in [-0.2, 0) is 7.05 Å². The van der Waals surface area contributed by atoms with E-state index < -0.39 is 12.9 Å². The van der Waals surface area contributed by atoms with Crippen molar-refractivity contribution in [2.75, 3.05) is 19.4 Å². The summed E-state index contributed by atoms with van der Waals surface area (Å²) >= 11 is 0. The lowest BCUT2D eigenvalue weighted by molar-refractivity contribution is 0.0958. The Labute approximate surface area is 154 Å². The van der Waals surface area contributed by atoms with Crippen LogP contribution < -0.4 is 15.4 Å². The number of hydrogen-bond acceptors (Lipinski definition) is 7. The number of carbonyl (C=O) groups excluding carboxylic acids is 1. The lowest BCUT2D eigenvalue weighted by Gasteiger charge is -2.16. The normalized spacial score (nSPS) is 12.7. The second-order valence-corrected chi connectivity index (χ2v) is 5.53. The Morgan fingerprint density at radius 3 is 2.88 bits per heavy atom. The summed E-state index contributed by atoms with van der Waals surface area (Å²) in [7, 11) is 0.463. The number of amides is 1. The van der Waals surface area contributed by atoms with E-state index in [1.807, 2.05) is 6.92 Å². The van der Waals surface area contributed by atoms with Crippen LogP contribution in [0.3, 0.4) is 0 Å². The standard InChI is InChI=1S/C17H19N7O2/c1-10-7-11(16-19-9-24(3)23-16)15(26-4)13(8-10)21-12-5-6-20-22-14(12)17(25)18-2/h5-9H,1-4H3,(H,18,25)(H,20,21)/i4D3. The lowest BCUT2D eigenvalue weighted by Crippen LogP contribution is -2.21. The molecule has 0 aliphatic rings. The van der Waals surface area contributed by atoms with Crippen LogP contribution in [-0.4, -0.2) is 45.0 Å². The van der Waals surface area contributed by atoms with Crippen molar-refractivity contribution in [1.82, 2.24) is 30.3 Å². The molecule has 2 N–H and O–H groups in total. The summed E-state index contributed by atoms with van der Waals surface area (Å²) in [4.78, 5) is 16.3. The van der Waals surface area contributed by atoms with Gasteiger partial charge >= 0.3 is 0 Å². The number of benzene rings is 1. The molecule has 0 atom stereocenters. The van der Waals surface area contributed by atoms with E-state index in [9.17, 15) is 4.79 Å². The molecule has 0 aliphatic heterocycles. The van der Waals surface area contributed by atoms with Crippen molar-refractivity contribution in [3.05, 3.63) is 42.0 Å². The van der Waals surface area contributed by atoms with Gasteiger partial charge in [0.05, 0.1) is 34.3 Å². The molecular weight excluding hydrogens is 334 g/mol. The van der Waals surface area contributed by atoms with Crippen molar-refractivity contribution in [1.29, 1.82) is 0 Å². The molecule has 0 bridgehead atoms. The van der Waals surface area contributed by atoms with Gasteiger partial charge in [0.15, 0.2) is 17.3 Å². The van der Waals surface area contributed by atoms with Gasteiger partial charge < -0.3 is 15.4 Å². The van der Waals surface area contributed by atoms with Gasteiger partial charge in [-0.25, -0.2) is 4.98 Å². The van der Waals surface area contributed by atoms with E-state index in [1.165, 1.54) is 24.3 Å². The molecule has 9 heteroatoms. The predicted molar refractivity (Wildman–Crippen MR) is 96.4 cm³/mol. The van der Waals surface area contributed by atoms with Crippen LogP contribution in [0.2, 0.25) is 0 Å². The molecule has 2 aromatic heterocycles. The highest BCUT2D eigenvalue weighted by Gasteiger charge is 2.18. The number of aryl methyl sites for hydroxylation is 2. The monoisotopic (exact) mass is 356 g/mol. The van der Waals surface area contributed by atoms with E-state index in [4.69, 9.17) is 8.85 Å². The maximum Gasteiger partial charge on any atom is 0.273 e. The Bertz CT molecular complexity index is 1050. The second kappa shape index (κ2) is 7.18. The molecule has 2 heterocycles. The molecular formula is C17H19N7O2. The van der Waals surface area contributed by atoms with Crippen LogP contribution in [0.4, 0.5) is 11.4 Å². The molecule has 1 amide bonds. The van der Waals surface area contributed by atoms with Gasteiger partial charge in [0.25, 0.3) is 5.91 Å². The van der Waals surface area contributed by atoms with Crippen molar-refractivity contribution < 1.29 is 13.6 Å². The Balaban J connectivity index is 2.16. The van der Waals surface area contributed by atoms with E-state index >= 15 is 0 Å². The molecule has 3 aromatic rings. The number of anilines is 2. The Morgan fingerprint density at radius 1 is 1.35 bits per heavy atom. The molecule has 9 nitrogen and oxygen atoms in total. The number of ether oxygens (including phenoxy) is 1. The summed E-state index contributed by atoms with van der Waals surface area (Å²) in [5.74, 6) is -0.113. The minimum Gasteiger partial charge on any atom is -0.494 e. The quantitative estimate of drug-likeness (QED) is 0.716. The van der Waals surface area contributed by atoms with E-state index in [-0.39, 0.29) is 11.4 Å². The topological polar surface area (TPSA) is 107 Å². The molecule has 0 fully saturated rings. The summed E-state index contributed by atoms with van der Waals surface area (Å²) in [5, 5.41) is 17.3. The number of nitrogens with one attached hydrogen (secondary N) is 2. The van der Waals surface area contributed by atoms with Gasteiger partial charge in [0.2, 0.25) is 0 Å². The van der Waals surface area contributed by atoms with Crippen LogP contribution >= 0.6 is 0 Å². The molecule has 3 rings (SSSR count). The van der Waals surface area contributed by atoms with E-state index in [0.29, 0.717) is 22.8 Å². The van der Waals surface area contributed by atoms with Crippen molar-refractivity contribution in [2.24, 2.45) is 7.05 Å². The molecule has 0 radical (unpaired) electrons. The molecule has 0 spiro atoms. The average molecular weight is 356 g/mol. The zero-order valence-electron chi connectivity index (χ0n) is 17.4. The lowest BCUT2D eigenvalue weighted by atomic mass is 10.1. The summed E-state index contributed by atoms with van der Waals surface area (Å²) in [6.07, 6.45) is 2.91. The Kier molecular flexibility index (Phi) is 3.80. The highest BCUT2D eigenvalue weighted by molar-refractivity contribution is 5.98. The number of aromatic nitrogens is 5. The SMILES string of the molecule is [2H]C([2H])([2H])Oc1c(Nc2ccnnc2C(=O)NC)cc(C)cc1-c1ncn(C)n1. The zero-order chi connectivity index (χ0) is 21.2. The van der Waals surface area contributed by atoms with Gasteiger partial charge in [-0.1, -0.05) is 0 Å². The highest BCUT2D eigenvalue weighted by atomic mass is 16.5. The third kappa shape index (κ3) is 3.32. The van der Waals surface area contributed by atoms with Crippen LogP contribution in [0.15, 0.2) is 30.7 Å². The predicted octanol–water partition coefficient (Wildman–Crippen LogP) is 1.69. The van der Waals surface area contributed by atoms with Crippen LogP contribution in [0, 0.1) is 6.92 Å². The Hall–Kier alpha value is -3.49. The maximum absolute atomic E-state index is 12.1. The molecule has 0 saturated heterocycles. The highest BCUT2D eigenvalue weighted by Crippen LogP contribution is 2.38. The fraction of sp³-hybridized carbons (Fsp3) is 0.235. The minimum atomic E-state index is -2.71. The van der Waals surface area contributed by atoms with Crippen LogP contribution in [0.1, 0.15) is 20.2 Å². The third-order valence-electron chi connectivity index (χ3n) is 3.61. The van der Waals surface area contributed by atoms with Crippen LogP contribution in [0.25, 0.3) is 11.4 Å². The number of nitrogens with zero attached hydrogens (tertiary/aromatic N) is 5. The largest absolute Gasteiger partial charge is 0.494 e. The van der Waals surface area contributed by atoms with E-state index in [0.717, 1.165) is 5.56 Å². The Morgan fingerprint density at radius 2 is 2.19 bits per heavy atom. The van der Waals surface area contributed by atoms with Gasteiger partial charge in [-0.3, -0.25) is 9.48 Å². The van der Waals surface area contributed by atoms with Crippen molar-refractivity contribution in [2.45, 2.75) is 6.92 Å². The first-order valence-corrected chi connectivity index (χ1v) is 7.68. The minimum absolute atomic E-state index is 0.0291. The van der Waals surface area contributed by atoms with Gasteiger partial charge in [-0.2, -0.15) is 10.2 Å². The molecule has 0 aliphatic carbocycles. The van der Waals surface area contributed by atoms with Gasteiger partial charge in [0.1, 0.15) is 6.33 Å². The number of methoxy groups -OCH3 is 1. The summed E-state index contributed by atoms with van der Waals surface area (Å²) < 4.78 is 29.5. The number of carbonyl (C=O) groups is 1. The average Bonchev–Trinajstić information content (AvgIpc) is 3.08. The number of rotatable bonds is 5. The van der Waals surface area contributed by atoms with Gasteiger partial charge in [-0.05, 0) is 30.7 Å². The first-order chi connectivity index (χ1) is 13.7. The summed E-state index contributed by atoms with van der Waals surface area (Å²) in [5.41, 5.74) is 1.90. The molecule has 26 heavy (non-hydrogen) atoms. The third-order valence-corrected chi connectivity index (χ3v) is 3.61. The summed E-state index contributed by atoms with van der Waals surface area (Å²) in [6, 6.07) is 4.98. The van der Waals surface area contributed by atoms with Gasteiger partial charge in [0, 0.05) is 14.1 Å². The zero-order valence-corrected chi connectivity index (χ0v) is 14.4. The van der Waals surface area contributed by atoms with Crippen molar-refractivity contribution in [3.8, 4) is 17.1 Å². The van der Waals surface area contributed by atoms with E-state index in [1.54, 1.807) is 25.2 Å². The van der Waals surface area contributed by atoms with Crippen molar-refractivity contribution in [3.63, 3.8) is 0 Å². The van der Waals surface area contributed by atoms with Crippen molar-refractivity contribution >= 4 is 17.3 Å². The van der Waals surface area contributed by atoms with Gasteiger partial charge in [-0.15, -0.1) is 5.10 Å². The molecule has 1 aromatic carbocycles. The first-order valence-electron chi connectivity index (χ1n) is 9.18. The van der Waals surface area contributed by atoms with E-state index in [2.05, 4.69) is 30.9 Å². The second-order valence-electron chi connectivity index (χ2n) is 5.53. The molecule has 0 saturated carbocycles. The number of hydrogen-bond donors (Lipinski definition) is 2. The van der Waals surface area contributed by atoms with Crippen LogP contribution in [0.5, 0.6) is 5.75 Å². The maximum atomic E-state index is 12.1.